The Bertz CT molecular complexity index is 896. The molecular formula is C17H22ClN5O2S. The van der Waals surface area contributed by atoms with Crippen LogP contribution in [0.25, 0.3) is 0 Å². The van der Waals surface area contributed by atoms with Crippen molar-refractivity contribution in [1.29, 1.82) is 0 Å². The number of aryl methyl sites for hydroxylation is 1. The molecule has 2 heterocycles. The maximum absolute atomic E-state index is 13.0. The standard InChI is InChI=1S/C17H22ClN5O2S/c1-13-4-5-14(18)10-16(13)26(24,25)23-8-6-22(7-9-23)17-11-15(21(2)3)12-19-20-17/h4-5,10-12H,6-9H2,1-3H3. The van der Waals surface area contributed by atoms with Crippen LogP contribution in [0.5, 0.6) is 0 Å². The molecule has 0 spiro atoms. The molecule has 1 aliphatic heterocycles. The molecule has 2 aromatic rings. The average molecular weight is 396 g/mol. The summed E-state index contributed by atoms with van der Waals surface area (Å²) in [6.45, 7) is 3.68. The largest absolute Gasteiger partial charge is 0.376 e. The van der Waals surface area contributed by atoms with Gasteiger partial charge in [-0.1, -0.05) is 17.7 Å². The molecule has 0 saturated carbocycles. The topological polar surface area (TPSA) is 69.6 Å². The van der Waals surface area contributed by atoms with E-state index in [1.165, 1.54) is 10.4 Å². The third-order valence-electron chi connectivity index (χ3n) is 4.47. The number of halogens is 1. The SMILES string of the molecule is Cc1ccc(Cl)cc1S(=O)(=O)N1CCN(c2cc(N(C)C)cnn2)CC1. The van der Waals surface area contributed by atoms with Crippen molar-refractivity contribution in [3.8, 4) is 0 Å². The van der Waals surface area contributed by atoms with Gasteiger partial charge in [0.05, 0.1) is 16.8 Å². The first kappa shape index (κ1) is 18.9. The number of sulfonamides is 1. The zero-order valence-electron chi connectivity index (χ0n) is 15.1. The van der Waals surface area contributed by atoms with Gasteiger partial charge in [0.25, 0.3) is 0 Å². The van der Waals surface area contributed by atoms with Crippen molar-refractivity contribution in [2.45, 2.75) is 11.8 Å². The Labute approximate surface area is 159 Å². The summed E-state index contributed by atoms with van der Waals surface area (Å²) >= 11 is 5.99. The first-order valence-electron chi connectivity index (χ1n) is 8.30. The van der Waals surface area contributed by atoms with E-state index in [9.17, 15) is 8.42 Å². The van der Waals surface area contributed by atoms with Gasteiger partial charge in [-0.15, -0.1) is 5.10 Å². The summed E-state index contributed by atoms with van der Waals surface area (Å²) in [5.74, 6) is 0.757. The van der Waals surface area contributed by atoms with Crippen LogP contribution in [0.3, 0.4) is 0 Å². The average Bonchev–Trinajstić information content (AvgIpc) is 2.64. The van der Waals surface area contributed by atoms with Crippen molar-refractivity contribution in [2.75, 3.05) is 50.1 Å². The number of nitrogens with zero attached hydrogens (tertiary/aromatic N) is 5. The van der Waals surface area contributed by atoms with Crippen LogP contribution in [0.2, 0.25) is 5.02 Å². The minimum absolute atomic E-state index is 0.271. The maximum atomic E-state index is 13.0. The summed E-state index contributed by atoms with van der Waals surface area (Å²) in [6, 6.07) is 6.90. The second kappa shape index (κ2) is 7.38. The van der Waals surface area contributed by atoms with Crippen LogP contribution in [0.15, 0.2) is 35.4 Å². The summed E-state index contributed by atoms with van der Waals surface area (Å²) in [7, 11) is 0.322. The highest BCUT2D eigenvalue weighted by atomic mass is 35.5. The highest BCUT2D eigenvalue weighted by Crippen LogP contribution is 2.25. The zero-order valence-corrected chi connectivity index (χ0v) is 16.6. The lowest BCUT2D eigenvalue weighted by Crippen LogP contribution is -2.49. The highest BCUT2D eigenvalue weighted by molar-refractivity contribution is 7.89. The van der Waals surface area contributed by atoms with Crippen LogP contribution in [0, 0.1) is 6.92 Å². The van der Waals surface area contributed by atoms with Gasteiger partial charge in [0.1, 0.15) is 0 Å². The van der Waals surface area contributed by atoms with Gasteiger partial charge in [-0.25, -0.2) is 8.42 Å². The normalized spacial score (nSPS) is 15.9. The maximum Gasteiger partial charge on any atom is 0.243 e. The van der Waals surface area contributed by atoms with Crippen molar-refractivity contribution < 1.29 is 8.42 Å². The molecule has 1 aliphatic rings. The lowest BCUT2D eigenvalue weighted by molar-refractivity contribution is 0.383. The van der Waals surface area contributed by atoms with E-state index in [0.717, 1.165) is 11.5 Å². The number of hydrogen-bond acceptors (Lipinski definition) is 6. The highest BCUT2D eigenvalue weighted by Gasteiger charge is 2.30. The molecule has 0 radical (unpaired) electrons. The monoisotopic (exact) mass is 395 g/mol. The Kier molecular flexibility index (Phi) is 5.36. The fourth-order valence-corrected chi connectivity index (χ4v) is 4.80. The summed E-state index contributed by atoms with van der Waals surface area (Å²) in [6.07, 6.45) is 1.70. The third-order valence-corrected chi connectivity index (χ3v) is 6.75. The fraction of sp³-hybridized carbons (Fsp3) is 0.412. The van der Waals surface area contributed by atoms with Crippen LogP contribution in [0.4, 0.5) is 11.5 Å². The Hall–Kier alpha value is -1.90. The number of hydrogen-bond donors (Lipinski definition) is 0. The second-order valence-corrected chi connectivity index (χ2v) is 8.81. The Morgan fingerprint density at radius 2 is 1.81 bits per heavy atom. The minimum atomic E-state index is -3.56. The van der Waals surface area contributed by atoms with Crippen LogP contribution in [-0.4, -0.2) is 63.2 Å². The lowest BCUT2D eigenvalue weighted by atomic mass is 10.2. The van der Waals surface area contributed by atoms with Gasteiger partial charge in [-0.05, 0) is 24.6 Å². The smallest absolute Gasteiger partial charge is 0.243 e. The molecule has 0 amide bonds. The van der Waals surface area contributed by atoms with E-state index < -0.39 is 10.0 Å². The van der Waals surface area contributed by atoms with E-state index >= 15 is 0 Å². The molecule has 1 aromatic heterocycles. The predicted molar refractivity (Wildman–Crippen MR) is 104 cm³/mol. The number of benzene rings is 1. The van der Waals surface area contributed by atoms with Crippen molar-refractivity contribution in [2.24, 2.45) is 0 Å². The molecule has 0 bridgehead atoms. The summed E-state index contributed by atoms with van der Waals surface area (Å²) < 4.78 is 27.4. The molecule has 0 N–H and O–H groups in total. The summed E-state index contributed by atoms with van der Waals surface area (Å²) in [5, 5.41) is 8.64. The Morgan fingerprint density at radius 3 is 2.46 bits per heavy atom. The van der Waals surface area contributed by atoms with Crippen molar-refractivity contribution in [1.82, 2.24) is 14.5 Å². The van der Waals surface area contributed by atoms with Crippen LogP contribution >= 0.6 is 11.6 Å². The first-order chi connectivity index (χ1) is 12.3. The van der Waals surface area contributed by atoms with Gasteiger partial charge in [-0.3, -0.25) is 0 Å². The van der Waals surface area contributed by atoms with Gasteiger partial charge in [-0.2, -0.15) is 9.40 Å². The van der Waals surface area contributed by atoms with Gasteiger partial charge in [0.2, 0.25) is 10.0 Å². The summed E-state index contributed by atoms with van der Waals surface area (Å²) in [4.78, 5) is 4.28. The summed E-state index contributed by atoms with van der Waals surface area (Å²) in [5.41, 5.74) is 1.65. The molecule has 1 fully saturated rings. The van der Waals surface area contributed by atoms with Gasteiger partial charge >= 0.3 is 0 Å². The molecule has 7 nitrogen and oxygen atoms in total. The lowest BCUT2D eigenvalue weighted by Gasteiger charge is -2.34. The zero-order chi connectivity index (χ0) is 18.9. The Morgan fingerprint density at radius 1 is 1.12 bits per heavy atom. The van der Waals surface area contributed by atoms with Gasteiger partial charge < -0.3 is 9.80 Å². The van der Waals surface area contributed by atoms with E-state index in [2.05, 4.69) is 15.1 Å². The van der Waals surface area contributed by atoms with Crippen molar-refractivity contribution in [3.05, 3.63) is 41.0 Å². The van der Waals surface area contributed by atoms with E-state index in [4.69, 9.17) is 11.6 Å². The number of piperazine rings is 1. The second-order valence-electron chi connectivity index (χ2n) is 6.47. The molecule has 0 atom stereocenters. The molecule has 1 saturated heterocycles. The quantitative estimate of drug-likeness (QED) is 0.788. The van der Waals surface area contributed by atoms with Crippen molar-refractivity contribution in [3.63, 3.8) is 0 Å². The number of rotatable bonds is 4. The molecule has 140 valence electrons. The number of aromatic nitrogens is 2. The number of anilines is 2. The van der Waals surface area contributed by atoms with Gasteiger partial charge in [0.15, 0.2) is 5.82 Å². The molecule has 0 aliphatic carbocycles. The molecule has 9 heteroatoms. The third kappa shape index (κ3) is 3.77. The van der Waals surface area contributed by atoms with E-state index in [-0.39, 0.29) is 4.90 Å². The minimum Gasteiger partial charge on any atom is -0.376 e. The van der Waals surface area contributed by atoms with Crippen molar-refractivity contribution >= 4 is 33.1 Å². The molecule has 3 rings (SSSR count). The molecule has 26 heavy (non-hydrogen) atoms. The fourth-order valence-electron chi connectivity index (χ4n) is 2.89. The van der Waals surface area contributed by atoms with Crippen LogP contribution in [-0.2, 0) is 10.0 Å². The molecule has 0 unspecified atom stereocenters. The predicted octanol–water partition coefficient (Wildman–Crippen LogP) is 2.02. The van der Waals surface area contributed by atoms with E-state index in [1.54, 1.807) is 25.3 Å². The van der Waals surface area contributed by atoms with Crippen LogP contribution < -0.4 is 9.80 Å². The Balaban J connectivity index is 1.76. The van der Waals surface area contributed by atoms with Gasteiger partial charge in [0, 0.05) is 51.4 Å². The first-order valence-corrected chi connectivity index (χ1v) is 10.1. The molecular weight excluding hydrogens is 374 g/mol. The van der Waals surface area contributed by atoms with E-state index in [1.807, 2.05) is 25.1 Å². The van der Waals surface area contributed by atoms with Crippen LogP contribution in [0.1, 0.15) is 5.56 Å². The van der Waals surface area contributed by atoms with E-state index in [0.29, 0.717) is 36.8 Å². The molecule has 1 aromatic carbocycles.